The lowest BCUT2D eigenvalue weighted by Gasteiger charge is -2.09. The van der Waals surface area contributed by atoms with Crippen LogP contribution in [0.1, 0.15) is 5.56 Å². The van der Waals surface area contributed by atoms with E-state index in [1.54, 1.807) is 0 Å². The number of hydrogen-bond acceptors (Lipinski definition) is 3. The highest BCUT2D eigenvalue weighted by atomic mass is 19.1. The van der Waals surface area contributed by atoms with Gasteiger partial charge in [0.15, 0.2) is 5.82 Å². The molecule has 0 unspecified atom stereocenters. The zero-order valence-corrected chi connectivity index (χ0v) is 11.3. The molecule has 3 rings (SSSR count). The molecule has 0 amide bonds. The van der Waals surface area contributed by atoms with Crippen molar-refractivity contribution in [1.29, 1.82) is 0 Å². The number of fused-ring (bicyclic) bond motifs is 1. The molecule has 0 saturated carbocycles. The van der Waals surface area contributed by atoms with E-state index in [9.17, 15) is 4.39 Å². The number of nitrogens with zero attached hydrogens (tertiary/aromatic N) is 2. The van der Waals surface area contributed by atoms with Gasteiger partial charge in [-0.3, -0.25) is 0 Å². The van der Waals surface area contributed by atoms with Crippen molar-refractivity contribution in [2.75, 3.05) is 12.4 Å². The maximum absolute atomic E-state index is 13.6. The Balaban J connectivity index is 2.31. The summed E-state index contributed by atoms with van der Waals surface area (Å²) in [6.07, 6.45) is 0. The molecule has 3 nitrogen and oxygen atoms in total. The maximum Gasteiger partial charge on any atom is 0.156 e. The number of rotatable bonds is 2. The van der Waals surface area contributed by atoms with E-state index in [0.717, 1.165) is 27.7 Å². The van der Waals surface area contributed by atoms with Gasteiger partial charge in [0.25, 0.3) is 0 Å². The van der Waals surface area contributed by atoms with Gasteiger partial charge in [-0.25, -0.2) is 4.39 Å². The van der Waals surface area contributed by atoms with Gasteiger partial charge in [0.1, 0.15) is 11.5 Å². The van der Waals surface area contributed by atoms with Crippen molar-refractivity contribution >= 4 is 16.6 Å². The van der Waals surface area contributed by atoms with Crippen LogP contribution in [0, 0.1) is 12.7 Å². The predicted molar refractivity (Wildman–Crippen MR) is 79.2 cm³/mol. The van der Waals surface area contributed by atoms with Crippen LogP contribution < -0.4 is 5.32 Å². The van der Waals surface area contributed by atoms with Crippen LogP contribution in [-0.2, 0) is 0 Å². The lowest BCUT2D eigenvalue weighted by Crippen LogP contribution is -1.98. The van der Waals surface area contributed by atoms with E-state index in [1.165, 1.54) is 12.1 Å². The van der Waals surface area contributed by atoms with E-state index in [4.69, 9.17) is 0 Å². The first-order valence-corrected chi connectivity index (χ1v) is 6.40. The zero-order chi connectivity index (χ0) is 14.1. The van der Waals surface area contributed by atoms with E-state index in [-0.39, 0.29) is 5.82 Å². The van der Waals surface area contributed by atoms with Gasteiger partial charge in [0.2, 0.25) is 0 Å². The average Bonchev–Trinajstić information content (AvgIpc) is 2.45. The monoisotopic (exact) mass is 267 g/mol. The molecular formula is C16H14FN3. The molecule has 0 aliphatic carbocycles. The van der Waals surface area contributed by atoms with E-state index in [1.807, 2.05) is 44.3 Å². The molecule has 3 aromatic rings. The first-order valence-electron chi connectivity index (χ1n) is 6.40. The summed E-state index contributed by atoms with van der Waals surface area (Å²) in [5.74, 6) is 0.459. The van der Waals surface area contributed by atoms with Gasteiger partial charge in [0, 0.05) is 23.4 Å². The largest absolute Gasteiger partial charge is 0.371 e. The number of anilines is 1. The number of halogens is 1. The smallest absolute Gasteiger partial charge is 0.156 e. The number of hydrogen-bond donors (Lipinski definition) is 1. The van der Waals surface area contributed by atoms with Crippen molar-refractivity contribution in [3.63, 3.8) is 0 Å². The molecule has 1 heterocycles. The molecule has 0 atom stereocenters. The highest BCUT2D eigenvalue weighted by Gasteiger charge is 2.11. The first kappa shape index (κ1) is 12.5. The molecule has 0 saturated heterocycles. The van der Waals surface area contributed by atoms with E-state index in [0.29, 0.717) is 5.69 Å². The molecule has 0 radical (unpaired) electrons. The standard InChI is InChI=1S/C16H14FN3/c1-10-7-11(9-12(17)8-10)15-13-5-3-4-6-14(13)16(18-2)20-19-15/h3-9H,1-2H3,(H,18,20). The molecule has 2 aromatic carbocycles. The Bertz CT molecular complexity index is 764. The fourth-order valence-corrected chi connectivity index (χ4v) is 2.37. The second-order valence-corrected chi connectivity index (χ2v) is 4.71. The fraction of sp³-hybridized carbons (Fsp3) is 0.125. The van der Waals surface area contributed by atoms with Crippen molar-refractivity contribution in [2.24, 2.45) is 0 Å². The minimum absolute atomic E-state index is 0.261. The minimum atomic E-state index is -0.261. The summed E-state index contributed by atoms with van der Waals surface area (Å²) in [7, 11) is 1.81. The summed E-state index contributed by atoms with van der Waals surface area (Å²) in [5.41, 5.74) is 2.31. The summed E-state index contributed by atoms with van der Waals surface area (Å²) >= 11 is 0. The van der Waals surface area contributed by atoms with Crippen LogP contribution in [0.2, 0.25) is 0 Å². The SMILES string of the molecule is CNc1nnc(-c2cc(C)cc(F)c2)c2ccccc12. The molecule has 4 heteroatoms. The molecule has 1 N–H and O–H groups in total. The third-order valence-electron chi connectivity index (χ3n) is 3.24. The predicted octanol–water partition coefficient (Wildman–Crippen LogP) is 3.79. The number of aromatic nitrogens is 2. The van der Waals surface area contributed by atoms with Gasteiger partial charge in [0.05, 0.1) is 0 Å². The molecule has 100 valence electrons. The van der Waals surface area contributed by atoms with Crippen molar-refractivity contribution in [1.82, 2.24) is 10.2 Å². The van der Waals surface area contributed by atoms with Crippen molar-refractivity contribution < 1.29 is 4.39 Å². The number of nitrogens with one attached hydrogen (secondary N) is 1. The van der Waals surface area contributed by atoms with Crippen LogP contribution >= 0.6 is 0 Å². The zero-order valence-electron chi connectivity index (χ0n) is 11.3. The second kappa shape index (κ2) is 4.89. The van der Waals surface area contributed by atoms with Crippen LogP contribution in [0.25, 0.3) is 22.0 Å². The highest BCUT2D eigenvalue weighted by Crippen LogP contribution is 2.30. The van der Waals surface area contributed by atoms with Crippen LogP contribution in [0.5, 0.6) is 0 Å². The summed E-state index contributed by atoms with van der Waals surface area (Å²) in [5, 5.41) is 13.4. The van der Waals surface area contributed by atoms with E-state index < -0.39 is 0 Å². The van der Waals surface area contributed by atoms with Gasteiger partial charge < -0.3 is 5.32 Å². The Hall–Kier alpha value is -2.49. The Morgan fingerprint density at radius 2 is 1.75 bits per heavy atom. The normalized spacial score (nSPS) is 10.8. The van der Waals surface area contributed by atoms with Gasteiger partial charge in [-0.2, -0.15) is 0 Å². The molecule has 0 aliphatic heterocycles. The third-order valence-corrected chi connectivity index (χ3v) is 3.24. The van der Waals surface area contributed by atoms with E-state index in [2.05, 4.69) is 15.5 Å². The first-order chi connectivity index (χ1) is 9.69. The van der Waals surface area contributed by atoms with Crippen molar-refractivity contribution in [3.05, 3.63) is 53.8 Å². The second-order valence-electron chi connectivity index (χ2n) is 4.71. The average molecular weight is 267 g/mol. The quantitative estimate of drug-likeness (QED) is 0.767. The van der Waals surface area contributed by atoms with Crippen LogP contribution in [0.3, 0.4) is 0 Å². The highest BCUT2D eigenvalue weighted by molar-refractivity contribution is 5.99. The Kier molecular flexibility index (Phi) is 3.06. The molecular weight excluding hydrogens is 253 g/mol. The van der Waals surface area contributed by atoms with Gasteiger partial charge in [-0.05, 0) is 30.7 Å². The molecule has 0 spiro atoms. The van der Waals surface area contributed by atoms with Crippen molar-refractivity contribution in [2.45, 2.75) is 6.92 Å². The summed E-state index contributed by atoms with van der Waals surface area (Å²) in [4.78, 5) is 0. The Labute approximate surface area is 116 Å². The number of benzene rings is 2. The summed E-state index contributed by atoms with van der Waals surface area (Å²) < 4.78 is 13.6. The summed E-state index contributed by atoms with van der Waals surface area (Å²) in [6.45, 7) is 1.87. The third kappa shape index (κ3) is 2.09. The Morgan fingerprint density at radius 3 is 2.45 bits per heavy atom. The minimum Gasteiger partial charge on any atom is -0.371 e. The maximum atomic E-state index is 13.6. The molecule has 0 bridgehead atoms. The molecule has 20 heavy (non-hydrogen) atoms. The van der Waals surface area contributed by atoms with Gasteiger partial charge in [-0.1, -0.05) is 24.3 Å². The van der Waals surface area contributed by atoms with E-state index >= 15 is 0 Å². The Morgan fingerprint density at radius 1 is 1.00 bits per heavy atom. The van der Waals surface area contributed by atoms with Crippen molar-refractivity contribution in [3.8, 4) is 11.3 Å². The summed E-state index contributed by atoms with van der Waals surface area (Å²) in [6, 6.07) is 12.7. The molecule has 0 fully saturated rings. The van der Waals surface area contributed by atoms with Gasteiger partial charge >= 0.3 is 0 Å². The lowest BCUT2D eigenvalue weighted by molar-refractivity contribution is 0.627. The van der Waals surface area contributed by atoms with Crippen LogP contribution in [0.15, 0.2) is 42.5 Å². The van der Waals surface area contributed by atoms with Crippen LogP contribution in [0.4, 0.5) is 10.2 Å². The van der Waals surface area contributed by atoms with Gasteiger partial charge in [-0.15, -0.1) is 10.2 Å². The van der Waals surface area contributed by atoms with Crippen LogP contribution in [-0.4, -0.2) is 17.2 Å². The lowest BCUT2D eigenvalue weighted by atomic mass is 10.0. The number of aryl methyl sites for hydroxylation is 1. The molecule has 0 aliphatic rings. The fourth-order valence-electron chi connectivity index (χ4n) is 2.37. The topological polar surface area (TPSA) is 37.8 Å². The molecule has 1 aromatic heterocycles.